The number of amides is 1. The summed E-state index contributed by atoms with van der Waals surface area (Å²) in [5.74, 6) is -0.586. The molecule has 1 atom stereocenters. The highest BCUT2D eigenvalue weighted by molar-refractivity contribution is 7.86. The molecule has 8 nitrogen and oxygen atoms in total. The first-order valence-corrected chi connectivity index (χ1v) is 12.7. The number of benzene rings is 3. The molecule has 0 saturated heterocycles. The molecule has 0 radical (unpaired) electrons. The maximum absolute atomic E-state index is 12.6. The maximum atomic E-state index is 12.6. The lowest BCUT2D eigenvalue weighted by Gasteiger charge is -2.18. The molecule has 1 amide bonds. The average Bonchev–Trinajstić information content (AvgIpc) is 3.16. The van der Waals surface area contributed by atoms with E-state index >= 15 is 0 Å². The fraction of sp³-hybridized carbons (Fsp3) is 0.231. The van der Waals surface area contributed by atoms with Crippen LogP contribution in [0.15, 0.2) is 72.8 Å². The van der Waals surface area contributed by atoms with E-state index < -0.39 is 28.2 Å². The smallest absolute Gasteiger partial charge is 0.407 e. The summed E-state index contributed by atoms with van der Waals surface area (Å²) in [5, 5.41) is 2.58. The van der Waals surface area contributed by atoms with Crippen LogP contribution in [0.4, 0.5) is 4.79 Å². The SMILES string of the molecule is COC(=O)C(Cc1ccc(OS(C)(=O)=O)cc1)NC(=O)OCC1c2ccccc2-c2ccccc21. The number of carbonyl (C=O) groups is 2. The van der Waals surface area contributed by atoms with Crippen LogP contribution in [0, 0.1) is 0 Å². The van der Waals surface area contributed by atoms with E-state index in [4.69, 9.17) is 13.7 Å². The highest BCUT2D eigenvalue weighted by atomic mass is 32.2. The molecule has 9 heteroatoms. The highest BCUT2D eigenvalue weighted by Gasteiger charge is 2.30. The third-order valence-corrected chi connectivity index (χ3v) is 6.23. The van der Waals surface area contributed by atoms with E-state index in [1.54, 1.807) is 12.1 Å². The Balaban J connectivity index is 1.41. The van der Waals surface area contributed by atoms with Gasteiger partial charge in [0.25, 0.3) is 0 Å². The summed E-state index contributed by atoms with van der Waals surface area (Å²) < 4.78 is 37.7. The quantitative estimate of drug-likeness (QED) is 0.375. The van der Waals surface area contributed by atoms with Crippen LogP contribution in [0.1, 0.15) is 22.6 Å². The summed E-state index contributed by atoms with van der Waals surface area (Å²) in [6.45, 7) is 0.116. The molecule has 0 aromatic heterocycles. The van der Waals surface area contributed by atoms with Crippen molar-refractivity contribution in [2.45, 2.75) is 18.4 Å². The van der Waals surface area contributed by atoms with Crippen molar-refractivity contribution in [2.75, 3.05) is 20.0 Å². The van der Waals surface area contributed by atoms with Crippen molar-refractivity contribution in [1.82, 2.24) is 5.32 Å². The minimum absolute atomic E-state index is 0.105. The number of fused-ring (bicyclic) bond motifs is 3. The average molecular weight is 496 g/mol. The normalized spacial score (nSPS) is 13.3. The van der Waals surface area contributed by atoms with Crippen molar-refractivity contribution >= 4 is 22.2 Å². The van der Waals surface area contributed by atoms with Crippen molar-refractivity contribution < 1.29 is 31.7 Å². The van der Waals surface area contributed by atoms with Gasteiger partial charge in [-0.3, -0.25) is 0 Å². The van der Waals surface area contributed by atoms with E-state index in [-0.39, 0.29) is 24.7 Å². The van der Waals surface area contributed by atoms with E-state index in [0.29, 0.717) is 5.56 Å². The Morgan fingerprint density at radius 1 is 0.914 bits per heavy atom. The summed E-state index contributed by atoms with van der Waals surface area (Å²) in [6, 6.07) is 21.2. The summed E-state index contributed by atoms with van der Waals surface area (Å²) in [6.07, 6.45) is 0.335. The van der Waals surface area contributed by atoms with Crippen molar-refractivity contribution in [3.63, 3.8) is 0 Å². The molecule has 0 fully saturated rings. The first kappa shape index (κ1) is 24.3. The van der Waals surface area contributed by atoms with Crippen molar-refractivity contribution in [3.05, 3.63) is 89.5 Å². The Labute approximate surface area is 204 Å². The lowest BCUT2D eigenvalue weighted by atomic mass is 9.98. The molecule has 0 aliphatic heterocycles. The van der Waals surface area contributed by atoms with E-state index in [9.17, 15) is 18.0 Å². The second-order valence-electron chi connectivity index (χ2n) is 8.18. The predicted octanol–water partition coefficient (Wildman–Crippen LogP) is 3.65. The van der Waals surface area contributed by atoms with Gasteiger partial charge < -0.3 is 19.0 Å². The van der Waals surface area contributed by atoms with Gasteiger partial charge in [0.1, 0.15) is 18.4 Å². The van der Waals surface area contributed by atoms with Crippen LogP contribution in [-0.2, 0) is 30.8 Å². The maximum Gasteiger partial charge on any atom is 0.407 e. The fourth-order valence-corrected chi connectivity index (χ4v) is 4.67. The molecule has 3 aromatic carbocycles. The third-order valence-electron chi connectivity index (χ3n) is 5.73. The molecule has 0 heterocycles. The number of carbonyl (C=O) groups excluding carboxylic acids is 2. The van der Waals surface area contributed by atoms with Gasteiger partial charge in [0.15, 0.2) is 0 Å². The van der Waals surface area contributed by atoms with Gasteiger partial charge in [-0.05, 0) is 39.9 Å². The molecule has 1 aliphatic rings. The highest BCUT2D eigenvalue weighted by Crippen LogP contribution is 2.44. The van der Waals surface area contributed by atoms with Crippen LogP contribution in [0.2, 0.25) is 0 Å². The molecule has 1 unspecified atom stereocenters. The molecule has 35 heavy (non-hydrogen) atoms. The second kappa shape index (κ2) is 10.2. The Kier molecular flexibility index (Phi) is 7.07. The number of rotatable bonds is 8. The number of ether oxygens (including phenoxy) is 2. The van der Waals surface area contributed by atoms with Crippen LogP contribution in [0.3, 0.4) is 0 Å². The lowest BCUT2D eigenvalue weighted by Crippen LogP contribution is -2.43. The van der Waals surface area contributed by atoms with Crippen LogP contribution < -0.4 is 9.50 Å². The molecular weight excluding hydrogens is 470 g/mol. The lowest BCUT2D eigenvalue weighted by molar-refractivity contribution is -0.143. The molecule has 1 N–H and O–H groups in total. The zero-order valence-electron chi connectivity index (χ0n) is 19.3. The van der Waals surface area contributed by atoms with Gasteiger partial charge >= 0.3 is 22.2 Å². The van der Waals surface area contributed by atoms with Crippen LogP contribution in [-0.4, -0.2) is 46.5 Å². The number of hydrogen-bond donors (Lipinski definition) is 1. The predicted molar refractivity (Wildman–Crippen MR) is 130 cm³/mol. The molecule has 0 spiro atoms. The standard InChI is InChI=1S/C26H25NO7S/c1-32-25(28)24(15-17-11-13-18(14-12-17)34-35(2,30)31)27-26(29)33-16-23-21-9-5-3-7-19(21)20-8-4-6-10-22(20)23/h3-14,23-24H,15-16H2,1-2H3,(H,27,29). The molecule has 0 saturated carbocycles. The van der Waals surface area contributed by atoms with Crippen molar-refractivity contribution in [1.29, 1.82) is 0 Å². The molecular formula is C26H25NO7S. The van der Waals surface area contributed by atoms with Crippen LogP contribution in [0.25, 0.3) is 11.1 Å². The van der Waals surface area contributed by atoms with E-state index in [2.05, 4.69) is 5.32 Å². The number of nitrogens with one attached hydrogen (secondary N) is 1. The monoisotopic (exact) mass is 495 g/mol. The molecule has 1 aliphatic carbocycles. The second-order valence-corrected chi connectivity index (χ2v) is 9.76. The van der Waals surface area contributed by atoms with Gasteiger partial charge in [0.2, 0.25) is 0 Å². The minimum Gasteiger partial charge on any atom is -0.467 e. The summed E-state index contributed by atoms with van der Waals surface area (Å²) in [5.41, 5.74) is 5.07. The van der Waals surface area contributed by atoms with Gasteiger partial charge in [-0.15, -0.1) is 0 Å². The number of esters is 1. The van der Waals surface area contributed by atoms with Crippen LogP contribution in [0.5, 0.6) is 5.75 Å². The Hall–Kier alpha value is -3.85. The summed E-state index contributed by atoms with van der Waals surface area (Å²) in [4.78, 5) is 24.9. The third kappa shape index (κ3) is 5.81. The molecule has 0 bridgehead atoms. The summed E-state index contributed by atoms with van der Waals surface area (Å²) >= 11 is 0. The Morgan fingerprint density at radius 3 is 2.03 bits per heavy atom. The van der Waals surface area contributed by atoms with Gasteiger partial charge in [0, 0.05) is 12.3 Å². The summed E-state index contributed by atoms with van der Waals surface area (Å²) in [7, 11) is -2.41. The molecule has 3 aromatic rings. The topological polar surface area (TPSA) is 108 Å². The first-order valence-electron chi connectivity index (χ1n) is 10.9. The zero-order chi connectivity index (χ0) is 25.0. The number of hydrogen-bond acceptors (Lipinski definition) is 7. The molecule has 182 valence electrons. The molecule has 4 rings (SSSR count). The van der Waals surface area contributed by atoms with Gasteiger partial charge in [-0.2, -0.15) is 8.42 Å². The van der Waals surface area contributed by atoms with Crippen molar-refractivity contribution in [2.24, 2.45) is 0 Å². The van der Waals surface area contributed by atoms with Crippen molar-refractivity contribution in [3.8, 4) is 16.9 Å². The first-order chi connectivity index (χ1) is 16.7. The largest absolute Gasteiger partial charge is 0.467 e. The van der Waals surface area contributed by atoms with Crippen LogP contribution >= 0.6 is 0 Å². The van der Waals surface area contributed by atoms with Gasteiger partial charge in [-0.25, -0.2) is 9.59 Å². The Bertz CT molecular complexity index is 1290. The number of methoxy groups -OCH3 is 1. The van der Waals surface area contributed by atoms with E-state index in [1.807, 2.05) is 48.5 Å². The van der Waals surface area contributed by atoms with Gasteiger partial charge in [-0.1, -0.05) is 60.7 Å². The zero-order valence-corrected chi connectivity index (χ0v) is 20.1. The minimum atomic E-state index is -3.64. The Morgan fingerprint density at radius 2 is 1.49 bits per heavy atom. The van der Waals surface area contributed by atoms with E-state index in [0.717, 1.165) is 28.5 Å². The number of alkyl carbamates (subject to hydrolysis) is 1. The van der Waals surface area contributed by atoms with E-state index in [1.165, 1.54) is 19.2 Å². The fourth-order valence-electron chi connectivity index (χ4n) is 4.21. The van der Waals surface area contributed by atoms with Gasteiger partial charge in [0.05, 0.1) is 13.4 Å².